The van der Waals surface area contributed by atoms with Crippen molar-refractivity contribution in [3.05, 3.63) is 54.3 Å². The van der Waals surface area contributed by atoms with Gasteiger partial charge in [-0.2, -0.15) is 0 Å². The van der Waals surface area contributed by atoms with Gasteiger partial charge in [0.15, 0.2) is 5.76 Å². The molecule has 0 aliphatic carbocycles. The molecule has 4 aliphatic heterocycles. The van der Waals surface area contributed by atoms with Gasteiger partial charge >= 0.3 is 0 Å². The number of para-hydroxylation sites is 1. The Kier molecular flexibility index (Phi) is 6.32. The molecular weight excluding hydrogens is 438 g/mol. The summed E-state index contributed by atoms with van der Waals surface area (Å²) in [5.41, 5.74) is 4.07. The summed E-state index contributed by atoms with van der Waals surface area (Å²) in [5, 5.41) is 4.20. The molecule has 2 bridgehead atoms. The van der Waals surface area contributed by atoms with Crippen LogP contribution in [-0.2, 0) is 4.74 Å². The number of hydrogen-bond donors (Lipinski definition) is 1. The minimum absolute atomic E-state index is 0. The molecule has 4 aliphatic rings. The molecule has 3 aromatic rings. The Balaban J connectivity index is 0.00000228. The smallest absolute Gasteiger partial charge is 0.287 e. The molecule has 0 saturated carbocycles. The third-order valence-electron chi connectivity index (χ3n) is 7.27. The second-order valence-electron chi connectivity index (χ2n) is 9.20. The van der Waals surface area contributed by atoms with E-state index in [9.17, 15) is 4.79 Å². The van der Waals surface area contributed by atoms with E-state index >= 15 is 0 Å². The number of carbonyl (C=O) groups excluding carboxylic acids is 1. The Morgan fingerprint density at radius 3 is 2.52 bits per heavy atom. The topological polar surface area (TPSA) is 58.0 Å². The normalized spacial score (nSPS) is 24.5. The fourth-order valence-corrected chi connectivity index (χ4v) is 5.46. The molecule has 1 amide bonds. The molecule has 1 aromatic heterocycles. The van der Waals surface area contributed by atoms with Gasteiger partial charge in [-0.25, -0.2) is 0 Å². The predicted molar refractivity (Wildman–Crippen MR) is 132 cm³/mol. The Morgan fingerprint density at radius 2 is 1.76 bits per heavy atom. The molecule has 1 atom stereocenters. The van der Waals surface area contributed by atoms with Crippen molar-refractivity contribution in [1.82, 2.24) is 10.2 Å². The SMILES string of the molecule is Cl.O=C(N[C@H]1CN2CCC1CC2)c1cc2cccc(-c3cccc(N4CCOCC4)c3)c2o1. The van der Waals surface area contributed by atoms with Crippen LogP contribution in [0.25, 0.3) is 22.1 Å². The standard InChI is InChI=1S/C26H29N3O3.ClH/c30-26(27-23-17-28-9-7-18(23)8-10-28)24-16-20-4-2-6-22(25(20)32-24)19-3-1-5-21(15-19)29-11-13-31-14-12-29;/h1-6,15-16,18,23H,7-14,17H2,(H,27,30);1H/t23-;/m0./s1. The van der Waals surface area contributed by atoms with Crippen LogP contribution in [0.3, 0.4) is 0 Å². The van der Waals surface area contributed by atoms with Gasteiger partial charge in [-0.1, -0.05) is 30.3 Å². The van der Waals surface area contributed by atoms with Crippen molar-refractivity contribution in [2.45, 2.75) is 18.9 Å². The van der Waals surface area contributed by atoms with Crippen LogP contribution >= 0.6 is 12.4 Å². The highest BCUT2D eigenvalue weighted by molar-refractivity contribution is 6.00. The average molecular weight is 468 g/mol. The summed E-state index contributed by atoms with van der Waals surface area (Å²) in [6.45, 7) is 6.60. The number of carbonyl (C=O) groups is 1. The molecule has 0 spiro atoms. The maximum absolute atomic E-state index is 13.0. The number of halogens is 1. The van der Waals surface area contributed by atoms with Gasteiger partial charge in [0.25, 0.3) is 5.91 Å². The highest BCUT2D eigenvalue weighted by atomic mass is 35.5. The van der Waals surface area contributed by atoms with E-state index in [2.05, 4.69) is 45.4 Å². The predicted octanol–water partition coefficient (Wildman–Crippen LogP) is 4.18. The summed E-state index contributed by atoms with van der Waals surface area (Å²) in [6.07, 6.45) is 2.35. The largest absolute Gasteiger partial charge is 0.450 e. The van der Waals surface area contributed by atoms with Gasteiger partial charge in [0.05, 0.1) is 13.2 Å². The van der Waals surface area contributed by atoms with E-state index in [0.717, 1.165) is 68.0 Å². The van der Waals surface area contributed by atoms with Gasteiger partial charge in [-0.05, 0) is 55.6 Å². The van der Waals surface area contributed by atoms with Gasteiger partial charge < -0.3 is 24.3 Å². The van der Waals surface area contributed by atoms with Crippen LogP contribution in [0, 0.1) is 5.92 Å². The molecule has 7 rings (SSSR count). The first-order valence-corrected chi connectivity index (χ1v) is 11.7. The molecule has 7 heteroatoms. The quantitative estimate of drug-likeness (QED) is 0.623. The molecule has 1 N–H and O–H groups in total. The molecule has 0 radical (unpaired) electrons. The number of ether oxygens (including phenoxy) is 1. The molecule has 5 heterocycles. The van der Waals surface area contributed by atoms with Gasteiger partial charge in [-0.3, -0.25) is 4.79 Å². The average Bonchev–Trinajstić information content (AvgIpc) is 3.30. The Hall–Kier alpha value is -2.54. The van der Waals surface area contributed by atoms with Crippen molar-refractivity contribution in [2.75, 3.05) is 50.8 Å². The van der Waals surface area contributed by atoms with Crippen molar-refractivity contribution in [1.29, 1.82) is 0 Å². The number of anilines is 1. The Labute approximate surface area is 200 Å². The van der Waals surface area contributed by atoms with E-state index in [1.54, 1.807) is 0 Å². The van der Waals surface area contributed by atoms with Crippen LogP contribution in [0.4, 0.5) is 5.69 Å². The fourth-order valence-electron chi connectivity index (χ4n) is 5.46. The van der Waals surface area contributed by atoms with Gasteiger partial charge in [0.2, 0.25) is 0 Å². The molecule has 33 heavy (non-hydrogen) atoms. The Morgan fingerprint density at radius 1 is 0.970 bits per heavy atom. The van der Waals surface area contributed by atoms with Crippen LogP contribution in [0.1, 0.15) is 23.4 Å². The van der Waals surface area contributed by atoms with E-state index < -0.39 is 0 Å². The molecule has 4 fully saturated rings. The molecule has 2 aromatic carbocycles. The third kappa shape index (κ3) is 4.35. The first-order valence-electron chi connectivity index (χ1n) is 11.7. The van der Waals surface area contributed by atoms with E-state index in [1.165, 1.54) is 18.5 Å². The summed E-state index contributed by atoms with van der Waals surface area (Å²) in [5.74, 6) is 0.882. The highest BCUT2D eigenvalue weighted by Crippen LogP contribution is 2.33. The van der Waals surface area contributed by atoms with E-state index in [1.807, 2.05) is 18.2 Å². The number of nitrogens with one attached hydrogen (secondary N) is 1. The molecule has 0 unspecified atom stereocenters. The number of rotatable bonds is 4. The number of furan rings is 1. The van der Waals surface area contributed by atoms with Gasteiger partial charge in [0, 0.05) is 42.3 Å². The Bertz CT molecular complexity index is 1130. The van der Waals surface area contributed by atoms with Crippen molar-refractivity contribution in [2.24, 2.45) is 5.92 Å². The van der Waals surface area contributed by atoms with E-state index in [-0.39, 0.29) is 24.4 Å². The summed E-state index contributed by atoms with van der Waals surface area (Å²) < 4.78 is 11.7. The number of piperidine rings is 3. The first-order chi connectivity index (χ1) is 15.7. The lowest BCUT2D eigenvalue weighted by molar-refractivity contribution is 0.0607. The van der Waals surface area contributed by atoms with Gasteiger partial charge in [0.1, 0.15) is 5.58 Å². The number of morpholine rings is 1. The van der Waals surface area contributed by atoms with Crippen molar-refractivity contribution >= 4 is 35.0 Å². The second-order valence-corrected chi connectivity index (χ2v) is 9.20. The minimum atomic E-state index is -0.104. The number of benzene rings is 2. The fraction of sp³-hybridized carbons (Fsp3) is 0.423. The van der Waals surface area contributed by atoms with Gasteiger partial charge in [-0.15, -0.1) is 12.4 Å². The lowest BCUT2D eigenvalue weighted by Crippen LogP contribution is -2.57. The van der Waals surface area contributed by atoms with Crippen molar-refractivity contribution in [3.63, 3.8) is 0 Å². The van der Waals surface area contributed by atoms with Crippen molar-refractivity contribution < 1.29 is 13.9 Å². The zero-order chi connectivity index (χ0) is 21.5. The lowest BCUT2D eigenvalue weighted by atomic mass is 9.84. The number of nitrogens with zero attached hydrogens (tertiary/aromatic N) is 2. The zero-order valence-electron chi connectivity index (χ0n) is 18.7. The number of amides is 1. The monoisotopic (exact) mass is 467 g/mol. The maximum atomic E-state index is 13.0. The van der Waals surface area contributed by atoms with Crippen molar-refractivity contribution in [3.8, 4) is 11.1 Å². The van der Waals surface area contributed by atoms with Crippen LogP contribution < -0.4 is 10.2 Å². The molecule has 6 nitrogen and oxygen atoms in total. The third-order valence-corrected chi connectivity index (χ3v) is 7.27. The number of hydrogen-bond acceptors (Lipinski definition) is 5. The number of fused-ring (bicyclic) bond motifs is 4. The van der Waals surface area contributed by atoms with Crippen LogP contribution in [0.2, 0.25) is 0 Å². The summed E-state index contributed by atoms with van der Waals surface area (Å²) in [7, 11) is 0. The summed E-state index contributed by atoms with van der Waals surface area (Å²) in [4.78, 5) is 17.8. The van der Waals surface area contributed by atoms with E-state index in [0.29, 0.717) is 11.7 Å². The molecule has 174 valence electrons. The van der Waals surface area contributed by atoms with Crippen LogP contribution in [0.5, 0.6) is 0 Å². The van der Waals surface area contributed by atoms with Crippen LogP contribution in [-0.4, -0.2) is 62.8 Å². The second kappa shape index (κ2) is 9.37. The summed E-state index contributed by atoms with van der Waals surface area (Å²) >= 11 is 0. The zero-order valence-corrected chi connectivity index (χ0v) is 19.5. The first kappa shape index (κ1) is 22.3. The minimum Gasteiger partial charge on any atom is -0.450 e. The molecule has 4 saturated heterocycles. The summed E-state index contributed by atoms with van der Waals surface area (Å²) in [6, 6.07) is 16.8. The van der Waals surface area contributed by atoms with Crippen LogP contribution in [0.15, 0.2) is 52.9 Å². The molecular formula is C26H30ClN3O3. The highest BCUT2D eigenvalue weighted by Gasteiger charge is 2.35. The lowest BCUT2D eigenvalue weighted by Gasteiger charge is -2.44. The maximum Gasteiger partial charge on any atom is 0.287 e. The van der Waals surface area contributed by atoms with E-state index in [4.69, 9.17) is 9.15 Å².